The monoisotopic (exact) mass is 705 g/mol. The Morgan fingerprint density at radius 1 is 1.00 bits per heavy atom. The third-order valence-corrected chi connectivity index (χ3v) is 10.8. The molecule has 1 unspecified atom stereocenters. The van der Waals surface area contributed by atoms with E-state index in [4.69, 9.17) is 4.98 Å². The molecule has 1 aliphatic carbocycles. The lowest BCUT2D eigenvalue weighted by molar-refractivity contribution is -0.136. The molecule has 0 bridgehead atoms. The van der Waals surface area contributed by atoms with Crippen molar-refractivity contribution < 1.29 is 29.1 Å². The van der Waals surface area contributed by atoms with Crippen molar-refractivity contribution in [3.05, 3.63) is 66.1 Å². The molecule has 2 atom stereocenters. The van der Waals surface area contributed by atoms with Gasteiger partial charge in [-0.1, -0.05) is 0 Å². The summed E-state index contributed by atoms with van der Waals surface area (Å²) in [5.41, 5.74) is 5.51. The van der Waals surface area contributed by atoms with E-state index in [1.165, 1.54) is 4.90 Å². The van der Waals surface area contributed by atoms with E-state index in [1.807, 2.05) is 42.2 Å². The van der Waals surface area contributed by atoms with Gasteiger partial charge in [-0.25, -0.2) is 9.78 Å². The molecule has 2 aromatic heterocycles. The summed E-state index contributed by atoms with van der Waals surface area (Å²) in [7, 11) is 0. The van der Waals surface area contributed by atoms with E-state index >= 15 is 0 Å². The number of nitrogens with one attached hydrogen (secondary N) is 2. The van der Waals surface area contributed by atoms with Gasteiger partial charge < -0.3 is 20.2 Å². The van der Waals surface area contributed by atoms with Gasteiger partial charge in [-0.05, 0) is 81.3 Å². The van der Waals surface area contributed by atoms with Crippen molar-refractivity contribution in [3.63, 3.8) is 0 Å². The molecule has 15 nitrogen and oxygen atoms in total. The number of piperazine rings is 1. The fraction of sp³-hybridized carbons (Fsp3) is 0.405. The SMILES string of the molecule is C[C@H]1CN(c2ccc3ncc(-c4cnn(C5CC(CCCNc6ccc7c(c6)C(=O)N(C6CCC(=O)NC6=O)C7=O)C5)c4)nc3c2)CCN1C(=O)O. The molecule has 0 spiro atoms. The number of anilines is 2. The highest BCUT2D eigenvalue weighted by atomic mass is 16.4. The zero-order valence-corrected chi connectivity index (χ0v) is 28.7. The average molecular weight is 706 g/mol. The van der Waals surface area contributed by atoms with Crippen LogP contribution in [-0.4, -0.2) is 103 Å². The molecule has 5 heterocycles. The molecule has 1 saturated carbocycles. The molecule has 3 aliphatic heterocycles. The van der Waals surface area contributed by atoms with Gasteiger partial charge in [0.2, 0.25) is 11.8 Å². The second-order valence-corrected chi connectivity index (χ2v) is 14.2. The largest absolute Gasteiger partial charge is 0.465 e. The van der Waals surface area contributed by atoms with Gasteiger partial charge in [0.15, 0.2) is 0 Å². The van der Waals surface area contributed by atoms with Crippen molar-refractivity contribution in [1.29, 1.82) is 0 Å². The van der Waals surface area contributed by atoms with Crippen LogP contribution in [0.4, 0.5) is 16.2 Å². The van der Waals surface area contributed by atoms with Crippen LogP contribution in [0, 0.1) is 5.92 Å². The Labute approximate surface area is 299 Å². The molecule has 8 rings (SSSR count). The molecule has 52 heavy (non-hydrogen) atoms. The Morgan fingerprint density at radius 3 is 2.62 bits per heavy atom. The fourth-order valence-electron chi connectivity index (χ4n) is 7.84. The Bertz CT molecular complexity index is 2110. The summed E-state index contributed by atoms with van der Waals surface area (Å²) in [4.78, 5) is 75.6. The highest BCUT2D eigenvalue weighted by molar-refractivity contribution is 6.23. The van der Waals surface area contributed by atoms with Crippen LogP contribution in [0.3, 0.4) is 0 Å². The number of imide groups is 2. The summed E-state index contributed by atoms with van der Waals surface area (Å²) in [6.07, 6.45) is 9.04. The second-order valence-electron chi connectivity index (χ2n) is 14.2. The Morgan fingerprint density at radius 2 is 1.83 bits per heavy atom. The number of carbonyl (C=O) groups excluding carboxylic acids is 4. The summed E-state index contributed by atoms with van der Waals surface area (Å²) in [6.45, 7) is 4.33. The average Bonchev–Trinajstić information content (AvgIpc) is 3.69. The highest BCUT2D eigenvalue weighted by Gasteiger charge is 2.44. The predicted molar refractivity (Wildman–Crippen MR) is 190 cm³/mol. The van der Waals surface area contributed by atoms with Crippen molar-refractivity contribution in [2.45, 2.75) is 63.6 Å². The number of hydrogen-bond donors (Lipinski definition) is 3. The maximum Gasteiger partial charge on any atom is 0.407 e. The lowest BCUT2D eigenvalue weighted by Crippen LogP contribution is -2.54. The molecule has 4 aliphatic rings. The fourth-order valence-corrected chi connectivity index (χ4v) is 7.84. The zero-order valence-electron chi connectivity index (χ0n) is 28.7. The smallest absolute Gasteiger partial charge is 0.407 e. The number of rotatable bonds is 9. The molecular weight excluding hydrogens is 666 g/mol. The molecule has 15 heteroatoms. The minimum Gasteiger partial charge on any atom is -0.465 e. The first-order valence-corrected chi connectivity index (χ1v) is 17.8. The van der Waals surface area contributed by atoms with E-state index in [0.29, 0.717) is 38.1 Å². The number of aromatic nitrogens is 4. The third kappa shape index (κ3) is 6.20. The van der Waals surface area contributed by atoms with Gasteiger partial charge in [0.1, 0.15) is 6.04 Å². The number of carbonyl (C=O) groups is 5. The van der Waals surface area contributed by atoms with E-state index < -0.39 is 35.8 Å². The van der Waals surface area contributed by atoms with Crippen LogP contribution in [0.5, 0.6) is 0 Å². The number of fused-ring (bicyclic) bond motifs is 2. The van der Waals surface area contributed by atoms with Crippen molar-refractivity contribution in [1.82, 2.24) is 34.9 Å². The lowest BCUT2D eigenvalue weighted by atomic mass is 9.77. The number of nitrogens with zero attached hydrogens (tertiary/aromatic N) is 7. The molecule has 3 fully saturated rings. The van der Waals surface area contributed by atoms with E-state index in [9.17, 15) is 29.1 Å². The van der Waals surface area contributed by atoms with Gasteiger partial charge in [0, 0.05) is 61.8 Å². The molecule has 4 aromatic rings. The summed E-state index contributed by atoms with van der Waals surface area (Å²) < 4.78 is 2.02. The van der Waals surface area contributed by atoms with E-state index in [-0.39, 0.29) is 30.0 Å². The van der Waals surface area contributed by atoms with Crippen molar-refractivity contribution in [2.75, 3.05) is 36.4 Å². The topological polar surface area (TPSA) is 183 Å². The van der Waals surface area contributed by atoms with Gasteiger partial charge in [-0.2, -0.15) is 5.10 Å². The van der Waals surface area contributed by atoms with Crippen LogP contribution in [0.15, 0.2) is 55.0 Å². The molecule has 5 amide bonds. The van der Waals surface area contributed by atoms with Crippen LogP contribution in [0.25, 0.3) is 22.3 Å². The third-order valence-electron chi connectivity index (χ3n) is 10.8. The zero-order chi connectivity index (χ0) is 36.1. The van der Waals surface area contributed by atoms with Crippen LogP contribution in [0.1, 0.15) is 72.2 Å². The minimum atomic E-state index is -0.978. The van der Waals surface area contributed by atoms with Crippen LogP contribution < -0.4 is 15.5 Å². The van der Waals surface area contributed by atoms with Gasteiger partial charge in [0.05, 0.1) is 46.3 Å². The quantitative estimate of drug-likeness (QED) is 0.170. The number of hydrogen-bond acceptors (Lipinski definition) is 10. The van der Waals surface area contributed by atoms with E-state index in [1.54, 1.807) is 24.4 Å². The first-order valence-electron chi connectivity index (χ1n) is 17.8. The molecule has 268 valence electrons. The Hall–Kier alpha value is -5.86. The maximum atomic E-state index is 13.1. The Kier molecular flexibility index (Phi) is 8.55. The lowest BCUT2D eigenvalue weighted by Gasteiger charge is -2.39. The summed E-state index contributed by atoms with van der Waals surface area (Å²) in [5, 5.41) is 19.7. The first kappa shape index (κ1) is 33.3. The predicted octanol–water partition coefficient (Wildman–Crippen LogP) is 3.93. The van der Waals surface area contributed by atoms with Gasteiger partial charge in [-0.3, -0.25) is 39.1 Å². The van der Waals surface area contributed by atoms with Crippen LogP contribution in [-0.2, 0) is 9.59 Å². The van der Waals surface area contributed by atoms with Gasteiger partial charge in [-0.15, -0.1) is 0 Å². The molecule has 3 N–H and O–H groups in total. The standard InChI is InChI=1S/C37H39N9O6/c1-21-19-43(11-12-44(21)37(51)52)25-5-7-29-30(16-25)41-31(18-39-29)23-17-40-45(20-23)26-13-22(14-26)3-2-10-38-24-4-6-27-28(15-24)36(50)46(35(27)49)32-8-9-33(47)42-34(32)48/h4-7,15-18,20-22,26,32,38H,2-3,8-14,19H2,1H3,(H,51,52)(H,42,47,48)/t21-,22?,26?,32?/m0/s1. The molecule has 2 aromatic carbocycles. The number of benzene rings is 2. The number of piperidine rings is 1. The minimum absolute atomic E-state index is 0.0856. The maximum absolute atomic E-state index is 13.1. The first-order chi connectivity index (χ1) is 25.1. The van der Waals surface area contributed by atoms with Crippen molar-refractivity contribution in [2.24, 2.45) is 5.92 Å². The van der Waals surface area contributed by atoms with Crippen LogP contribution in [0.2, 0.25) is 0 Å². The molecule has 0 radical (unpaired) electrons. The van der Waals surface area contributed by atoms with Crippen molar-refractivity contribution in [3.8, 4) is 11.3 Å². The van der Waals surface area contributed by atoms with E-state index in [2.05, 4.69) is 25.6 Å². The number of amides is 5. The molecular formula is C37H39N9O6. The van der Waals surface area contributed by atoms with Gasteiger partial charge >= 0.3 is 6.09 Å². The summed E-state index contributed by atoms with van der Waals surface area (Å²) in [5.74, 6) is -1.46. The highest BCUT2D eigenvalue weighted by Crippen LogP contribution is 2.40. The van der Waals surface area contributed by atoms with Gasteiger partial charge in [0.25, 0.3) is 11.8 Å². The normalized spacial score (nSPS) is 23.1. The Balaban J connectivity index is 0.818. The summed E-state index contributed by atoms with van der Waals surface area (Å²) >= 11 is 0. The van der Waals surface area contributed by atoms with Crippen molar-refractivity contribution >= 4 is 52.1 Å². The molecule has 2 saturated heterocycles. The second kappa shape index (κ2) is 13.4. The van der Waals surface area contributed by atoms with E-state index in [0.717, 1.165) is 64.2 Å². The number of carboxylic acid groups (broad SMARTS) is 1. The van der Waals surface area contributed by atoms with Crippen LogP contribution >= 0.6 is 0 Å². The summed E-state index contributed by atoms with van der Waals surface area (Å²) in [6, 6.07) is 10.3.